The van der Waals surface area contributed by atoms with Crippen LogP contribution in [-0.4, -0.2) is 464 Å². The molecule has 636 valence electrons. The van der Waals surface area contributed by atoms with Crippen LogP contribution in [0.15, 0.2) is 0 Å². The van der Waals surface area contributed by atoms with Crippen LogP contribution in [-0.2, 0) is 99.8 Å². The van der Waals surface area contributed by atoms with Gasteiger partial charge >= 0.3 is 0 Å². The fourth-order valence-electron chi connectivity index (χ4n) is 13.9. The molecule has 4 amide bonds. The minimum absolute atomic E-state index is 0.225. The average molecular weight is 1610 g/mol. The number of nitrogens with one attached hydrogen (secondary N) is 4. The normalized spacial score (nSPS) is 46.2. The second kappa shape index (κ2) is 40.1. The Balaban J connectivity index is 1.16. The fraction of sp³-hybridized carbons (Fsp3) is 0.918. The molecule has 0 aromatic heterocycles. The molecule has 0 aromatic carbocycles. The Bertz CT molecular complexity index is 2910. The Morgan fingerprint density at radius 3 is 1.38 bits per heavy atom. The van der Waals surface area contributed by atoms with Gasteiger partial charge in [-0.05, 0) is 6.92 Å². The van der Waals surface area contributed by atoms with E-state index in [4.69, 9.17) is 75.8 Å². The number of carbonyl (C=O) groups excluding carboxylic acids is 5. The Morgan fingerprint density at radius 2 is 0.845 bits per heavy atom. The van der Waals surface area contributed by atoms with Gasteiger partial charge in [-0.25, -0.2) is 0 Å². The molecule has 110 heavy (non-hydrogen) atoms. The molecule has 0 saturated carbocycles. The minimum atomic E-state index is -3.45. The lowest BCUT2D eigenvalue weighted by molar-refractivity contribution is -0.415. The number of carbonyl (C=O) groups is 5. The van der Waals surface area contributed by atoms with Gasteiger partial charge in [-0.2, -0.15) is 0 Å². The number of rotatable bonds is 33. The van der Waals surface area contributed by atoms with Gasteiger partial charge in [0.1, 0.15) is 189 Å². The lowest BCUT2D eigenvalue weighted by Crippen LogP contribution is -2.73. The Morgan fingerprint density at radius 1 is 0.436 bits per heavy atom. The number of ether oxygens (including phenoxy) is 16. The molecule has 8 heterocycles. The number of aliphatic hydroxyl groups excluding tert-OH is 23. The molecule has 8 saturated heterocycles. The van der Waals surface area contributed by atoms with Crippen molar-refractivity contribution in [2.24, 2.45) is 0 Å². The summed E-state index contributed by atoms with van der Waals surface area (Å²) >= 11 is 0. The highest BCUT2D eigenvalue weighted by molar-refractivity contribution is 5.75. The predicted molar refractivity (Wildman–Crippen MR) is 336 cm³/mol. The molecule has 8 rings (SSSR count). The zero-order chi connectivity index (χ0) is 81.4. The number of carboxylic acids is 1. The summed E-state index contributed by atoms with van der Waals surface area (Å²) in [5, 5.41) is 278. The molecule has 0 bridgehead atoms. The Kier molecular flexibility index (Phi) is 33.3. The van der Waals surface area contributed by atoms with Gasteiger partial charge in [-0.3, -0.25) is 19.2 Å². The van der Waals surface area contributed by atoms with Crippen LogP contribution in [0.3, 0.4) is 0 Å². The summed E-state index contributed by atoms with van der Waals surface area (Å²) in [6.07, 6.45) is -81.5. The van der Waals surface area contributed by atoms with Crippen molar-refractivity contribution >= 4 is 30.1 Å². The first-order valence-corrected chi connectivity index (χ1v) is 34.8. The van der Waals surface area contributed by atoms with Gasteiger partial charge in [0.25, 0.3) is 0 Å². The van der Waals surface area contributed by atoms with Crippen LogP contribution in [0.5, 0.6) is 0 Å². The van der Waals surface area contributed by atoms with E-state index in [-0.39, 0.29) is 6.41 Å². The summed E-state index contributed by atoms with van der Waals surface area (Å²) in [4.78, 5) is 62.8. The highest BCUT2D eigenvalue weighted by Crippen LogP contribution is 2.42. The predicted octanol–water partition coefficient (Wildman–Crippen LogP) is -20.0. The quantitative estimate of drug-likeness (QED) is 0.0271. The van der Waals surface area contributed by atoms with E-state index in [1.807, 2.05) is 0 Å². The summed E-state index contributed by atoms with van der Waals surface area (Å²) in [5.41, 5.74) is 0. The zero-order valence-electron chi connectivity index (χ0n) is 59.1. The second-order valence-corrected chi connectivity index (χ2v) is 27.4. The standard InChI is InChI=1S/C61H102N4O45/c1-16-32(80)38(86)40(88)56(96-16)106-49-31(65-19(4)77)54(100-27(12-72)46(49)105-58-43(91)51(36(84)25(10-70)99-58)110-61(60(93)94)5-21(78)29(63-17(2)75)48(109-61)33(81)22(79)7-67)107-50-35(83)24(9-69)98-57(42(50)90)108-52-44(92)59(103-45-26(11-71)101-55(41(89)39(45)87)95-14-20(6-66)62-15-74)102-28(13-73)47(52)104-53-30(64-18(3)76)37(85)34(82)23(8-68)97-53/h15-16,20-59,66-73,78-92H,5-14H2,1-4H3,(H,62,74)(H,63,75)(H,64,76)(H,65,77)(H,93,94)/p-1/t16-,20+,21-,22+,23+,24+,25+,26+,27+,28+,29+,30+,31+,32+,33+,34-,35-,36-,37+,38+,39+,40-,41+,42+,43+,44+,45+,46+,47-,48+,49+,50-,51-,52+,53-,54-,55+,56-,57+,58-,59-,61-/m0/s1. The van der Waals surface area contributed by atoms with Gasteiger partial charge in [0, 0.05) is 27.2 Å². The van der Waals surface area contributed by atoms with Crippen molar-refractivity contribution in [3.63, 3.8) is 0 Å². The maximum atomic E-state index is 13.6. The van der Waals surface area contributed by atoms with E-state index in [9.17, 15) is 147 Å². The summed E-state index contributed by atoms with van der Waals surface area (Å²) in [7, 11) is 0. The molecule has 27 N–H and O–H groups in total. The zero-order valence-corrected chi connectivity index (χ0v) is 59.1. The van der Waals surface area contributed by atoms with Gasteiger partial charge < -0.3 is 224 Å². The maximum absolute atomic E-state index is 13.6. The Labute approximate surface area is 622 Å². The van der Waals surface area contributed by atoms with Crippen molar-refractivity contribution in [3.05, 3.63) is 0 Å². The summed E-state index contributed by atoms with van der Waals surface area (Å²) in [6, 6.07) is -6.82. The van der Waals surface area contributed by atoms with Crippen molar-refractivity contribution in [1.29, 1.82) is 0 Å². The molecule has 49 nitrogen and oxygen atoms in total. The van der Waals surface area contributed by atoms with E-state index in [1.54, 1.807) is 0 Å². The molecule has 0 aliphatic carbocycles. The first kappa shape index (κ1) is 91.3. The highest BCUT2D eigenvalue weighted by Gasteiger charge is 2.62. The van der Waals surface area contributed by atoms with Crippen LogP contribution >= 0.6 is 0 Å². The van der Waals surface area contributed by atoms with E-state index < -0.39 is 347 Å². The van der Waals surface area contributed by atoms with Crippen molar-refractivity contribution in [2.45, 2.75) is 291 Å². The minimum Gasteiger partial charge on any atom is -0.544 e. The summed E-state index contributed by atoms with van der Waals surface area (Å²) < 4.78 is 95.1. The van der Waals surface area contributed by atoms with Crippen LogP contribution in [0.2, 0.25) is 0 Å². The fourth-order valence-corrected chi connectivity index (χ4v) is 13.9. The number of amides is 4. The third kappa shape index (κ3) is 20.2. The third-order valence-corrected chi connectivity index (χ3v) is 19.7. The number of aliphatic carboxylic acids is 1. The first-order valence-electron chi connectivity index (χ1n) is 34.8. The molecule has 8 aliphatic rings. The van der Waals surface area contributed by atoms with Crippen LogP contribution in [0.1, 0.15) is 34.1 Å². The summed E-state index contributed by atoms with van der Waals surface area (Å²) in [5.74, 6) is -8.73. The lowest BCUT2D eigenvalue weighted by Gasteiger charge is -2.53. The van der Waals surface area contributed by atoms with Crippen LogP contribution in [0.25, 0.3) is 0 Å². The monoisotopic (exact) mass is 1610 g/mol. The molecular weight excluding hydrogens is 1510 g/mol. The molecule has 0 unspecified atom stereocenters. The van der Waals surface area contributed by atoms with Gasteiger partial charge in [0.05, 0.1) is 83.8 Å². The van der Waals surface area contributed by atoms with E-state index in [0.29, 0.717) is 0 Å². The average Bonchev–Trinajstić information content (AvgIpc) is 0.756. The van der Waals surface area contributed by atoms with E-state index in [2.05, 4.69) is 21.3 Å². The van der Waals surface area contributed by atoms with Gasteiger partial charge in [0.2, 0.25) is 29.9 Å². The van der Waals surface area contributed by atoms with Crippen molar-refractivity contribution < 1.29 is 222 Å². The topological polar surface area (TPSA) is 770 Å². The van der Waals surface area contributed by atoms with Gasteiger partial charge in [-0.15, -0.1) is 0 Å². The van der Waals surface area contributed by atoms with Crippen LogP contribution in [0.4, 0.5) is 0 Å². The number of carboxylic acid groups (broad SMARTS) is 1. The molecular formula is C61H101N4O45-. The Hall–Kier alpha value is -4.21. The van der Waals surface area contributed by atoms with Crippen LogP contribution in [0, 0.1) is 0 Å². The molecule has 0 aromatic rings. The molecule has 49 heteroatoms. The number of aliphatic hydroxyl groups is 23. The summed E-state index contributed by atoms with van der Waals surface area (Å²) in [6.45, 7) is -5.69. The first-order chi connectivity index (χ1) is 52.0. The SMILES string of the molecule is CC(=O)N[C@H]1[C@H](O[C@@H]2[C@H](O[C@H]3O[C@H](CO)[C@H](O)[C@H](O[C@@H]4O[C@H](CO)[C@@H](O[C@@H]5O[C@H](CO)[C@H](O)[C@H](O[C@]6(C(=O)[O-])C[C@H](O)[C@@H](NC(C)=O)[C@H]([C@H](O)[C@H](O)CO)O6)[C@H]5O)[C@H](O[C@@H]5O[C@@H](C)[C@@H](O)[C@@H](O)[C@@H]5O)[C@H]4NC(C)=O)[C@H]3O)[C@@H](O)[C@H](O[C@H]3[C@H](O)[C@@H](O)[C@H](OC[C@@H](CO)NC=O)O[C@@H]3CO)O[C@@H]2CO)O[C@H](CO)[C@H](O)[C@@H]1O. The van der Waals surface area contributed by atoms with Gasteiger partial charge in [0.15, 0.2) is 44.0 Å². The van der Waals surface area contributed by atoms with Crippen molar-refractivity contribution in [3.8, 4) is 0 Å². The molecule has 8 aliphatic heterocycles. The lowest BCUT2D eigenvalue weighted by atomic mass is 9.88. The smallest absolute Gasteiger partial charge is 0.217 e. The molecule has 0 radical (unpaired) electrons. The van der Waals surface area contributed by atoms with E-state index in [0.717, 1.165) is 20.8 Å². The molecule has 42 atom stereocenters. The second-order valence-electron chi connectivity index (χ2n) is 27.4. The number of hydrogen-bond donors (Lipinski definition) is 27. The maximum Gasteiger partial charge on any atom is 0.217 e. The van der Waals surface area contributed by atoms with Gasteiger partial charge in [-0.1, -0.05) is 0 Å². The number of hydrogen-bond acceptors (Lipinski definition) is 45. The molecule has 8 fully saturated rings. The third-order valence-electron chi connectivity index (χ3n) is 19.7. The van der Waals surface area contributed by atoms with Crippen LogP contribution < -0.4 is 26.4 Å². The van der Waals surface area contributed by atoms with E-state index >= 15 is 0 Å². The molecule has 0 spiro atoms. The largest absolute Gasteiger partial charge is 0.544 e. The van der Waals surface area contributed by atoms with E-state index in [1.165, 1.54) is 6.92 Å². The highest BCUT2D eigenvalue weighted by atomic mass is 16.8. The van der Waals surface area contributed by atoms with Crippen molar-refractivity contribution in [2.75, 3.05) is 59.5 Å². The van der Waals surface area contributed by atoms with Crippen molar-refractivity contribution in [1.82, 2.24) is 21.3 Å².